The molecule has 6 atom stereocenters. The fraction of sp³-hybridized carbons (Fsp3) is 0.422. The van der Waals surface area contributed by atoms with Crippen LogP contribution in [-0.2, 0) is 45.0 Å². The quantitative estimate of drug-likeness (QED) is 0.160. The summed E-state index contributed by atoms with van der Waals surface area (Å²) in [7, 11) is 0. The first-order chi connectivity index (χ1) is 24.5. The van der Waals surface area contributed by atoms with Crippen LogP contribution in [0.15, 0.2) is 121 Å². The van der Waals surface area contributed by atoms with Crippen molar-refractivity contribution in [2.24, 2.45) is 23.5 Å². The van der Waals surface area contributed by atoms with Gasteiger partial charge in [0.2, 0.25) is 5.78 Å². The number of nitrogens with two attached hydrogens (primary N) is 1. The van der Waals surface area contributed by atoms with Crippen LogP contribution in [0.3, 0.4) is 0 Å². The highest BCUT2D eigenvalue weighted by atomic mass is 16.5. The Morgan fingerprint density at radius 1 is 0.615 bits per heavy atom. The summed E-state index contributed by atoms with van der Waals surface area (Å²) in [5.41, 5.74) is 11.6. The number of carbonyl (C=O) groups is 2. The number of piperidine rings is 1. The van der Waals surface area contributed by atoms with Crippen LogP contribution >= 0.6 is 0 Å². The molecule has 4 aromatic rings. The van der Waals surface area contributed by atoms with Crippen LogP contribution in [0.25, 0.3) is 0 Å². The predicted octanol–water partition coefficient (Wildman–Crippen LogP) is 7.28. The Hall–Kier alpha value is -4.14. The number of hydrogen-bond donors (Lipinski definition) is 2. The van der Waals surface area contributed by atoms with E-state index in [4.69, 9.17) is 15.2 Å². The lowest BCUT2D eigenvalue weighted by Crippen LogP contribution is -2.62. The molecule has 7 nitrogen and oxygen atoms in total. The molecule has 0 aromatic heterocycles. The molecule has 7 rings (SSSR count). The van der Waals surface area contributed by atoms with Crippen LogP contribution in [0.2, 0.25) is 0 Å². The molecule has 3 N–H and O–H groups in total. The molecule has 1 unspecified atom stereocenters. The molecule has 3 aliphatic heterocycles. The molecular formula is C45H59N3O4. The normalized spacial score (nSPS) is 24.0. The van der Waals surface area contributed by atoms with Crippen LogP contribution in [0.5, 0.6) is 0 Å². The van der Waals surface area contributed by atoms with Crippen LogP contribution in [0.1, 0.15) is 56.4 Å². The van der Waals surface area contributed by atoms with Crippen LogP contribution < -0.4 is 11.1 Å². The molecule has 0 aliphatic carbocycles. The van der Waals surface area contributed by atoms with Gasteiger partial charge in [0.25, 0.3) is 5.91 Å². The van der Waals surface area contributed by atoms with Gasteiger partial charge in [-0.25, -0.2) is 0 Å². The number of benzene rings is 4. The number of nitrogens with one attached hydrogen (secondary N) is 1. The van der Waals surface area contributed by atoms with E-state index in [1.807, 2.05) is 48.5 Å². The molecule has 0 spiro atoms. The molecule has 1 amide bonds. The number of nitrogens with zero attached hydrogens (tertiary/aromatic N) is 1. The Balaban J connectivity index is 0.000000227. The molecule has 4 aromatic carbocycles. The van der Waals surface area contributed by atoms with Gasteiger partial charge in [-0.05, 0) is 59.8 Å². The largest absolute Gasteiger partial charge is 0.381 e. The number of hydrogen-bond acceptors (Lipinski definition) is 6. The third-order valence-corrected chi connectivity index (χ3v) is 10.6. The standard InChI is InChI=1S/C22H24N2O3.C21H27NO.2CH4/c25-21-11-18-19(23-12-16-7-3-1-4-8-16)14-27-15-20(18)24(22(21)26)13-17-9-5-2-6-10-17;22-21-19(13-11-17-7-3-1-4-8-17)15-23-16-20(21)14-12-18-9-5-2-6-10-18;;/h1-10,18-20,23H,11-15H2;1-10,19-21H,11-16,22H2;2*1H4/t18-,19+,20-;19-,20+,21?;;/m1.../s1. The van der Waals surface area contributed by atoms with E-state index in [9.17, 15) is 9.59 Å². The van der Waals surface area contributed by atoms with Crippen LogP contribution in [0.4, 0.5) is 0 Å². The van der Waals surface area contributed by atoms with Crippen molar-refractivity contribution in [3.8, 4) is 0 Å². The van der Waals surface area contributed by atoms with E-state index in [0.29, 0.717) is 38.0 Å². The summed E-state index contributed by atoms with van der Waals surface area (Å²) < 4.78 is 11.7. The Morgan fingerprint density at radius 3 is 1.60 bits per heavy atom. The first-order valence-corrected chi connectivity index (χ1v) is 18.2. The van der Waals surface area contributed by atoms with Crippen molar-refractivity contribution >= 4 is 11.7 Å². The maximum Gasteiger partial charge on any atom is 0.290 e. The molecule has 0 bridgehead atoms. The van der Waals surface area contributed by atoms with Gasteiger partial charge < -0.3 is 25.4 Å². The lowest BCUT2D eigenvalue weighted by Gasteiger charge is -2.46. The first kappa shape index (κ1) is 40.6. The SMILES string of the molecule is C.C.NC1[C@H](CCc2ccccc2)COC[C@@H]1CCc1ccccc1.O=C1C[C@@H]2[C@@H](NCc3ccccc3)COC[C@H]2N(Cc2ccccc2)C1=O. The highest BCUT2D eigenvalue weighted by Gasteiger charge is 2.46. The Labute approximate surface area is 311 Å². The molecule has 3 saturated heterocycles. The monoisotopic (exact) mass is 705 g/mol. The summed E-state index contributed by atoms with van der Waals surface area (Å²) in [5, 5.41) is 3.54. The van der Waals surface area contributed by atoms with E-state index < -0.39 is 0 Å². The second kappa shape index (κ2) is 20.8. The van der Waals surface area contributed by atoms with E-state index in [1.165, 1.54) is 16.7 Å². The van der Waals surface area contributed by atoms with Gasteiger partial charge >= 0.3 is 0 Å². The zero-order valence-corrected chi connectivity index (χ0v) is 28.9. The molecule has 3 aliphatic rings. The van der Waals surface area contributed by atoms with Crippen molar-refractivity contribution in [2.45, 2.75) is 78.2 Å². The van der Waals surface area contributed by atoms with Crippen molar-refractivity contribution < 1.29 is 19.1 Å². The summed E-state index contributed by atoms with van der Waals surface area (Å²) in [6.07, 6.45) is 4.71. The zero-order valence-electron chi connectivity index (χ0n) is 28.9. The van der Waals surface area contributed by atoms with Gasteiger partial charge in [-0.15, -0.1) is 0 Å². The Morgan fingerprint density at radius 2 is 1.08 bits per heavy atom. The van der Waals surface area contributed by atoms with Gasteiger partial charge in [0.05, 0.1) is 32.5 Å². The number of ether oxygens (including phenoxy) is 2. The first-order valence-electron chi connectivity index (χ1n) is 18.2. The van der Waals surface area contributed by atoms with Gasteiger partial charge in [0, 0.05) is 37.5 Å². The van der Waals surface area contributed by atoms with E-state index in [2.05, 4.69) is 78.1 Å². The number of ketones is 1. The number of rotatable bonds is 11. The van der Waals surface area contributed by atoms with Gasteiger partial charge in [0.1, 0.15) is 0 Å². The zero-order chi connectivity index (χ0) is 34.5. The average molecular weight is 706 g/mol. The van der Waals surface area contributed by atoms with Gasteiger partial charge in [0.15, 0.2) is 0 Å². The van der Waals surface area contributed by atoms with E-state index in [0.717, 1.165) is 51.0 Å². The Kier molecular flexibility index (Phi) is 16.2. The number of likely N-dealkylation sites (tertiary alicyclic amines) is 1. The Bertz CT molecular complexity index is 1550. The highest BCUT2D eigenvalue weighted by molar-refractivity contribution is 6.36. The van der Waals surface area contributed by atoms with E-state index in [-0.39, 0.29) is 50.6 Å². The van der Waals surface area contributed by atoms with Crippen LogP contribution in [-0.4, -0.2) is 61.1 Å². The van der Waals surface area contributed by atoms with Crippen LogP contribution in [0, 0.1) is 17.8 Å². The molecule has 0 radical (unpaired) electrons. The molecular weight excluding hydrogens is 647 g/mol. The maximum atomic E-state index is 12.6. The molecule has 278 valence electrons. The highest BCUT2D eigenvalue weighted by Crippen LogP contribution is 2.31. The van der Waals surface area contributed by atoms with Gasteiger partial charge in [-0.3, -0.25) is 9.59 Å². The number of Topliss-reactive ketones (excluding diaryl/α,β-unsaturated/α-hetero) is 1. The molecule has 52 heavy (non-hydrogen) atoms. The predicted molar refractivity (Wildman–Crippen MR) is 211 cm³/mol. The fourth-order valence-electron chi connectivity index (χ4n) is 7.59. The summed E-state index contributed by atoms with van der Waals surface area (Å²) in [4.78, 5) is 26.7. The van der Waals surface area contributed by atoms with Gasteiger partial charge in [-0.2, -0.15) is 0 Å². The van der Waals surface area contributed by atoms with Crippen molar-refractivity contribution in [2.75, 3.05) is 26.4 Å². The number of fused-ring (bicyclic) bond motifs is 1. The average Bonchev–Trinajstić information content (AvgIpc) is 3.17. The number of amides is 1. The van der Waals surface area contributed by atoms with E-state index in [1.54, 1.807) is 4.90 Å². The minimum atomic E-state index is -0.382. The van der Waals surface area contributed by atoms with Crippen molar-refractivity contribution in [3.05, 3.63) is 144 Å². The second-order valence-corrected chi connectivity index (χ2v) is 14.0. The van der Waals surface area contributed by atoms with Gasteiger partial charge in [-0.1, -0.05) is 136 Å². The molecule has 3 heterocycles. The molecule has 0 saturated carbocycles. The number of carbonyl (C=O) groups excluding carboxylic acids is 2. The third kappa shape index (κ3) is 11.2. The summed E-state index contributed by atoms with van der Waals surface area (Å²) >= 11 is 0. The van der Waals surface area contributed by atoms with E-state index >= 15 is 0 Å². The topological polar surface area (TPSA) is 93.9 Å². The molecule has 3 fully saturated rings. The third-order valence-electron chi connectivity index (χ3n) is 10.6. The minimum Gasteiger partial charge on any atom is -0.381 e. The van der Waals surface area contributed by atoms with Crippen molar-refractivity contribution in [1.82, 2.24) is 10.2 Å². The minimum absolute atomic E-state index is 0. The summed E-state index contributed by atoms with van der Waals surface area (Å²) in [6, 6.07) is 41.6. The second-order valence-electron chi connectivity index (χ2n) is 14.0. The smallest absolute Gasteiger partial charge is 0.290 e. The lowest BCUT2D eigenvalue weighted by atomic mass is 9.81. The summed E-state index contributed by atoms with van der Waals surface area (Å²) in [5.74, 6) is 0.360. The maximum absolute atomic E-state index is 12.6. The molecule has 7 heteroatoms. The summed E-state index contributed by atoms with van der Waals surface area (Å²) in [6.45, 7) is 3.85. The van der Waals surface area contributed by atoms with Crippen molar-refractivity contribution in [1.29, 1.82) is 0 Å². The lowest BCUT2D eigenvalue weighted by molar-refractivity contribution is -0.159. The fourth-order valence-corrected chi connectivity index (χ4v) is 7.59. The van der Waals surface area contributed by atoms with Crippen molar-refractivity contribution in [3.63, 3.8) is 0 Å². The number of aryl methyl sites for hydroxylation is 2.